The van der Waals surface area contributed by atoms with Crippen LogP contribution in [0.15, 0.2) is 12.1 Å². The van der Waals surface area contributed by atoms with Gasteiger partial charge >= 0.3 is 7.12 Å². The number of halogens is 2. The van der Waals surface area contributed by atoms with Crippen LogP contribution < -0.4 is 10.2 Å². The Morgan fingerprint density at radius 3 is 2.00 bits per heavy atom. The first-order chi connectivity index (χ1) is 10.5. The zero-order valence-corrected chi connectivity index (χ0v) is 13.8. The monoisotopic (exact) mass is 326 g/mol. The molecule has 7 heteroatoms. The van der Waals surface area contributed by atoms with Gasteiger partial charge in [-0.15, -0.1) is 0 Å². The number of aliphatic hydroxyl groups is 1. The topological polar surface area (TPSA) is 47.9 Å². The first kappa shape index (κ1) is 16.7. The maximum atomic E-state index is 14.2. The average molecular weight is 326 g/mol. The van der Waals surface area contributed by atoms with Crippen LogP contribution in [-0.2, 0) is 9.31 Å². The molecule has 1 aliphatic carbocycles. The second-order valence-corrected chi connectivity index (χ2v) is 7.41. The molecule has 0 radical (unpaired) electrons. The summed E-state index contributed by atoms with van der Waals surface area (Å²) in [5, 5.41) is 9.70. The highest BCUT2D eigenvalue weighted by Crippen LogP contribution is 2.38. The molecule has 1 saturated heterocycles. The molecule has 23 heavy (non-hydrogen) atoms. The van der Waals surface area contributed by atoms with Crippen molar-refractivity contribution in [3.05, 3.63) is 23.8 Å². The van der Waals surface area contributed by atoms with Gasteiger partial charge in [-0.25, -0.2) is 8.78 Å². The van der Waals surface area contributed by atoms with Crippen molar-refractivity contribution in [2.75, 3.05) is 6.61 Å². The Kier molecular flexibility index (Phi) is 3.74. The van der Waals surface area contributed by atoms with E-state index in [1.54, 1.807) is 0 Å². The minimum atomic E-state index is -0.941. The van der Waals surface area contributed by atoms with Crippen molar-refractivity contribution < 1.29 is 27.9 Å². The van der Waals surface area contributed by atoms with Crippen molar-refractivity contribution in [1.29, 1.82) is 0 Å². The van der Waals surface area contributed by atoms with Gasteiger partial charge in [0.05, 0.1) is 16.8 Å². The second kappa shape index (κ2) is 5.16. The zero-order valence-electron chi connectivity index (χ0n) is 13.8. The lowest BCUT2D eigenvalue weighted by Crippen LogP contribution is -2.41. The third-order valence-corrected chi connectivity index (χ3v) is 4.86. The highest BCUT2D eigenvalue weighted by molar-refractivity contribution is 6.62. The second-order valence-electron chi connectivity index (χ2n) is 7.41. The molecule has 2 aliphatic rings. The van der Waals surface area contributed by atoms with Crippen LogP contribution in [-0.4, -0.2) is 35.6 Å². The molecule has 1 saturated carbocycles. The fourth-order valence-electron chi connectivity index (χ4n) is 2.33. The summed E-state index contributed by atoms with van der Waals surface area (Å²) in [4.78, 5) is 0. The van der Waals surface area contributed by atoms with Crippen LogP contribution in [0.4, 0.5) is 8.78 Å². The van der Waals surface area contributed by atoms with Gasteiger partial charge in [0.2, 0.25) is 0 Å². The minimum Gasteiger partial charge on any atom is -0.485 e. The van der Waals surface area contributed by atoms with Crippen LogP contribution in [0.5, 0.6) is 5.75 Å². The van der Waals surface area contributed by atoms with Gasteiger partial charge in [-0.1, -0.05) is 0 Å². The van der Waals surface area contributed by atoms with Gasteiger partial charge in [0.1, 0.15) is 6.61 Å². The number of benzene rings is 1. The predicted molar refractivity (Wildman–Crippen MR) is 81.8 cm³/mol. The Hall–Kier alpha value is -1.18. The highest BCUT2D eigenvalue weighted by Gasteiger charge is 2.52. The SMILES string of the molecule is CC1(C)OB(c2cc(F)c(OCC3(O)CC3)c(F)c2)OC1(C)C. The van der Waals surface area contributed by atoms with E-state index in [0.717, 1.165) is 12.1 Å². The van der Waals surface area contributed by atoms with Gasteiger partial charge in [-0.05, 0) is 58.1 Å². The summed E-state index contributed by atoms with van der Waals surface area (Å²) in [6.07, 6.45) is 1.17. The van der Waals surface area contributed by atoms with E-state index < -0.39 is 41.3 Å². The van der Waals surface area contributed by atoms with E-state index in [-0.39, 0.29) is 12.1 Å². The van der Waals surface area contributed by atoms with Crippen LogP contribution in [0, 0.1) is 11.6 Å². The Bertz CT molecular complexity index is 590. The Morgan fingerprint density at radius 2 is 1.57 bits per heavy atom. The van der Waals surface area contributed by atoms with Crippen molar-refractivity contribution >= 4 is 12.6 Å². The molecule has 3 rings (SSSR count). The summed E-state index contributed by atoms with van der Waals surface area (Å²) in [5.74, 6) is -2.15. The third-order valence-electron chi connectivity index (χ3n) is 4.86. The summed E-state index contributed by atoms with van der Waals surface area (Å²) >= 11 is 0. The van der Waals surface area contributed by atoms with Gasteiger partial charge in [0.25, 0.3) is 0 Å². The van der Waals surface area contributed by atoms with E-state index in [4.69, 9.17) is 14.0 Å². The van der Waals surface area contributed by atoms with Crippen LogP contribution in [0.1, 0.15) is 40.5 Å². The molecule has 0 spiro atoms. The number of rotatable bonds is 4. The zero-order chi connectivity index (χ0) is 17.0. The Morgan fingerprint density at radius 1 is 1.09 bits per heavy atom. The molecule has 1 N–H and O–H groups in total. The first-order valence-corrected chi connectivity index (χ1v) is 7.73. The average Bonchev–Trinajstić information content (AvgIpc) is 3.08. The largest absolute Gasteiger partial charge is 0.495 e. The van der Waals surface area contributed by atoms with Gasteiger partial charge < -0.3 is 19.2 Å². The van der Waals surface area contributed by atoms with Gasteiger partial charge in [-0.2, -0.15) is 0 Å². The van der Waals surface area contributed by atoms with Crippen molar-refractivity contribution in [3.63, 3.8) is 0 Å². The standard InChI is InChI=1S/C16H21BF2O4/c1-14(2)15(3,4)23-17(22-14)10-7-11(18)13(12(19)8-10)21-9-16(20)5-6-16/h7-8,20H,5-6,9H2,1-4H3. The predicted octanol–water partition coefficient (Wildman–Crippen LogP) is 2.17. The molecule has 0 aromatic heterocycles. The maximum Gasteiger partial charge on any atom is 0.495 e. The number of ether oxygens (including phenoxy) is 1. The van der Waals surface area contributed by atoms with Crippen molar-refractivity contribution in [1.82, 2.24) is 0 Å². The summed E-state index contributed by atoms with van der Waals surface area (Å²) in [6, 6.07) is 2.30. The first-order valence-electron chi connectivity index (χ1n) is 7.73. The summed E-state index contributed by atoms with van der Waals surface area (Å²) in [7, 11) is -0.842. The molecular weight excluding hydrogens is 305 g/mol. The third kappa shape index (κ3) is 3.10. The lowest BCUT2D eigenvalue weighted by Gasteiger charge is -2.32. The summed E-state index contributed by atoms with van der Waals surface area (Å²) in [6.45, 7) is 7.36. The molecule has 126 valence electrons. The van der Waals surface area contributed by atoms with Gasteiger partial charge in [0.15, 0.2) is 17.4 Å². The molecule has 0 atom stereocenters. The fraction of sp³-hybridized carbons (Fsp3) is 0.625. The lowest BCUT2D eigenvalue weighted by atomic mass is 9.79. The van der Waals surface area contributed by atoms with Crippen molar-refractivity contribution in [2.45, 2.75) is 57.3 Å². The molecule has 1 aromatic rings. The van der Waals surface area contributed by atoms with E-state index >= 15 is 0 Å². The minimum absolute atomic E-state index is 0.114. The molecule has 1 aliphatic heterocycles. The van der Waals surface area contributed by atoms with Gasteiger partial charge in [0, 0.05) is 0 Å². The van der Waals surface area contributed by atoms with Gasteiger partial charge in [-0.3, -0.25) is 0 Å². The van der Waals surface area contributed by atoms with E-state index in [9.17, 15) is 13.9 Å². The highest BCUT2D eigenvalue weighted by atomic mass is 19.1. The molecule has 2 fully saturated rings. The maximum absolute atomic E-state index is 14.2. The smallest absolute Gasteiger partial charge is 0.485 e. The van der Waals surface area contributed by atoms with Crippen molar-refractivity contribution in [2.24, 2.45) is 0 Å². The van der Waals surface area contributed by atoms with E-state index in [1.165, 1.54) is 0 Å². The molecule has 1 aromatic carbocycles. The van der Waals surface area contributed by atoms with Crippen LogP contribution in [0.2, 0.25) is 0 Å². The van der Waals surface area contributed by atoms with Crippen LogP contribution in [0.25, 0.3) is 0 Å². The molecule has 4 nitrogen and oxygen atoms in total. The van der Waals surface area contributed by atoms with E-state index in [1.807, 2.05) is 27.7 Å². The number of hydrogen-bond donors (Lipinski definition) is 1. The summed E-state index contributed by atoms with van der Waals surface area (Å²) in [5.41, 5.74) is -1.86. The van der Waals surface area contributed by atoms with Crippen LogP contribution in [0.3, 0.4) is 0 Å². The normalized spacial score (nSPS) is 23.9. The number of hydrogen-bond acceptors (Lipinski definition) is 4. The molecule has 0 unspecified atom stereocenters. The summed E-state index contributed by atoms with van der Waals surface area (Å²) < 4.78 is 45.1. The van der Waals surface area contributed by atoms with E-state index in [0.29, 0.717) is 12.8 Å². The quantitative estimate of drug-likeness (QED) is 0.862. The van der Waals surface area contributed by atoms with Crippen LogP contribution >= 0.6 is 0 Å². The molecule has 0 amide bonds. The molecule has 1 heterocycles. The van der Waals surface area contributed by atoms with Crippen molar-refractivity contribution in [3.8, 4) is 5.75 Å². The lowest BCUT2D eigenvalue weighted by molar-refractivity contribution is 0.00578. The molecule has 0 bridgehead atoms. The fourth-order valence-corrected chi connectivity index (χ4v) is 2.33. The Labute approximate surface area is 134 Å². The van der Waals surface area contributed by atoms with E-state index in [2.05, 4.69) is 0 Å². The Balaban J connectivity index is 1.80. The molecular formula is C16H21BF2O4.